The highest BCUT2D eigenvalue weighted by molar-refractivity contribution is 5.81. The fraction of sp³-hybridized carbons (Fsp3) is 0.138. The van der Waals surface area contributed by atoms with Crippen molar-refractivity contribution in [3.8, 4) is 22.3 Å². The van der Waals surface area contributed by atoms with Crippen LogP contribution in [0.5, 0.6) is 0 Å². The van der Waals surface area contributed by atoms with Crippen molar-refractivity contribution in [3.63, 3.8) is 0 Å². The van der Waals surface area contributed by atoms with Crippen molar-refractivity contribution in [2.45, 2.75) is 18.4 Å². The molecule has 0 saturated heterocycles. The van der Waals surface area contributed by atoms with E-state index in [1.54, 1.807) is 24.4 Å². The number of aromatic nitrogens is 1. The minimum Gasteiger partial charge on any atom is -0.480 e. The Bertz CT molecular complexity index is 1450. The largest absolute Gasteiger partial charge is 0.480 e. The van der Waals surface area contributed by atoms with E-state index in [-0.39, 0.29) is 24.5 Å². The Kier molecular flexibility index (Phi) is 6.36. The molecule has 1 aromatic heterocycles. The molecule has 0 fully saturated rings. The number of fused-ring (bicyclic) bond motifs is 3. The van der Waals surface area contributed by atoms with Gasteiger partial charge in [-0.1, -0.05) is 72.8 Å². The molecule has 1 aliphatic rings. The van der Waals surface area contributed by atoms with E-state index in [0.717, 1.165) is 33.4 Å². The Morgan fingerprint density at radius 3 is 2.22 bits per heavy atom. The number of benzene rings is 3. The Hall–Kier alpha value is -4.65. The molecule has 4 aromatic rings. The van der Waals surface area contributed by atoms with Crippen LogP contribution in [0.1, 0.15) is 22.6 Å². The predicted molar refractivity (Wildman–Crippen MR) is 136 cm³/mol. The lowest BCUT2D eigenvalue weighted by molar-refractivity contribution is -0.139. The molecule has 3 N–H and O–H groups in total. The van der Waals surface area contributed by atoms with Gasteiger partial charge in [0, 0.05) is 24.6 Å². The third-order valence-electron chi connectivity index (χ3n) is 6.41. The molecule has 0 radical (unpaired) electrons. The zero-order chi connectivity index (χ0) is 25.1. The van der Waals surface area contributed by atoms with Gasteiger partial charge in [-0.15, -0.1) is 0 Å². The molecule has 0 bridgehead atoms. The number of pyridine rings is 1. The molecular formula is C29H24N2O5. The number of carboxylic acid groups (broad SMARTS) is 1. The van der Waals surface area contributed by atoms with Gasteiger partial charge in [-0.25, -0.2) is 9.59 Å². The van der Waals surface area contributed by atoms with E-state index >= 15 is 0 Å². The summed E-state index contributed by atoms with van der Waals surface area (Å²) in [6.07, 6.45) is 0.842. The van der Waals surface area contributed by atoms with Crippen molar-refractivity contribution in [1.82, 2.24) is 10.3 Å². The molecule has 0 saturated carbocycles. The van der Waals surface area contributed by atoms with Gasteiger partial charge in [-0.2, -0.15) is 0 Å². The second-order valence-electron chi connectivity index (χ2n) is 8.71. The number of amides is 1. The van der Waals surface area contributed by atoms with E-state index in [4.69, 9.17) is 4.74 Å². The number of H-pyrrole nitrogens is 1. The minimum absolute atomic E-state index is 0.0660. The number of aromatic amines is 1. The highest BCUT2D eigenvalue weighted by Gasteiger charge is 2.29. The lowest BCUT2D eigenvalue weighted by Gasteiger charge is -2.18. The third-order valence-corrected chi connectivity index (χ3v) is 6.41. The van der Waals surface area contributed by atoms with Gasteiger partial charge in [0.2, 0.25) is 5.56 Å². The molecule has 0 aliphatic heterocycles. The van der Waals surface area contributed by atoms with E-state index in [0.29, 0.717) is 5.56 Å². The average Bonchev–Trinajstić information content (AvgIpc) is 3.21. The number of carbonyl (C=O) groups excluding carboxylic acids is 1. The molecule has 7 heteroatoms. The molecular weight excluding hydrogens is 456 g/mol. The van der Waals surface area contributed by atoms with Crippen LogP contribution in [0.4, 0.5) is 4.79 Å². The van der Waals surface area contributed by atoms with Crippen LogP contribution in [-0.2, 0) is 16.0 Å². The number of rotatable bonds is 7. The van der Waals surface area contributed by atoms with Gasteiger partial charge in [-0.05, 0) is 45.0 Å². The number of nitrogens with one attached hydrogen (secondary N) is 2. The van der Waals surface area contributed by atoms with Gasteiger partial charge < -0.3 is 20.1 Å². The SMILES string of the molecule is O=C(N[C@@H](Cc1cccc(-c2cc[nH]c(=O)c2)c1)C(=O)O)OCC1c2ccccc2-c2ccccc21. The first-order valence-corrected chi connectivity index (χ1v) is 11.6. The molecule has 1 heterocycles. The fourth-order valence-corrected chi connectivity index (χ4v) is 4.72. The molecule has 0 unspecified atom stereocenters. The second-order valence-corrected chi connectivity index (χ2v) is 8.71. The maximum absolute atomic E-state index is 12.6. The van der Waals surface area contributed by atoms with Crippen LogP contribution in [0.2, 0.25) is 0 Å². The molecule has 7 nitrogen and oxygen atoms in total. The standard InChI is InChI=1S/C29H24N2O5/c32-27-16-20(12-13-30-27)19-7-5-6-18(14-19)15-26(28(33)34)31-29(35)36-17-25-23-10-3-1-8-21(23)22-9-2-4-11-24(22)25/h1-14,16,25-26H,15,17H2,(H,30,32)(H,31,35)(H,33,34)/t26-/m0/s1. The summed E-state index contributed by atoms with van der Waals surface area (Å²) in [7, 11) is 0. The molecule has 0 spiro atoms. The number of hydrogen-bond acceptors (Lipinski definition) is 4. The Balaban J connectivity index is 1.26. The summed E-state index contributed by atoms with van der Waals surface area (Å²) in [5.74, 6) is -1.28. The topological polar surface area (TPSA) is 108 Å². The normalized spacial score (nSPS) is 12.9. The van der Waals surface area contributed by atoms with E-state index in [1.807, 2.05) is 60.7 Å². The zero-order valence-electron chi connectivity index (χ0n) is 19.3. The van der Waals surface area contributed by atoms with Crippen LogP contribution in [0.3, 0.4) is 0 Å². The van der Waals surface area contributed by atoms with Crippen LogP contribution in [-0.4, -0.2) is 34.8 Å². The minimum atomic E-state index is -1.17. The number of ether oxygens (including phenoxy) is 1. The summed E-state index contributed by atoms with van der Waals surface area (Å²) in [6, 6.07) is 25.3. The fourth-order valence-electron chi connectivity index (χ4n) is 4.72. The predicted octanol–water partition coefficient (Wildman–Crippen LogP) is 4.58. The summed E-state index contributed by atoms with van der Waals surface area (Å²) in [6.45, 7) is 0.101. The molecule has 3 aromatic carbocycles. The molecule has 5 rings (SSSR count). The first-order chi connectivity index (χ1) is 17.5. The van der Waals surface area contributed by atoms with Gasteiger partial charge in [0.05, 0.1) is 0 Å². The lowest BCUT2D eigenvalue weighted by atomic mass is 9.98. The van der Waals surface area contributed by atoms with E-state index in [9.17, 15) is 19.5 Å². The lowest BCUT2D eigenvalue weighted by Crippen LogP contribution is -2.42. The van der Waals surface area contributed by atoms with E-state index in [2.05, 4.69) is 10.3 Å². The molecule has 1 amide bonds. The zero-order valence-corrected chi connectivity index (χ0v) is 19.3. The van der Waals surface area contributed by atoms with Gasteiger partial charge in [0.1, 0.15) is 12.6 Å². The van der Waals surface area contributed by atoms with Gasteiger partial charge in [0.15, 0.2) is 0 Å². The summed E-state index contributed by atoms with van der Waals surface area (Å²) in [4.78, 5) is 38.7. The molecule has 180 valence electrons. The first kappa shape index (κ1) is 23.1. The number of alkyl carbamates (subject to hydrolysis) is 1. The molecule has 36 heavy (non-hydrogen) atoms. The van der Waals surface area contributed by atoms with Crippen molar-refractivity contribution in [3.05, 3.63) is 118 Å². The second kappa shape index (κ2) is 9.92. The summed E-state index contributed by atoms with van der Waals surface area (Å²) >= 11 is 0. The number of carbonyl (C=O) groups is 2. The van der Waals surface area contributed by atoms with Crippen LogP contribution in [0, 0.1) is 0 Å². The highest BCUT2D eigenvalue weighted by atomic mass is 16.5. The van der Waals surface area contributed by atoms with Crippen molar-refractivity contribution in [2.75, 3.05) is 6.61 Å². The van der Waals surface area contributed by atoms with E-state index in [1.165, 1.54) is 6.07 Å². The van der Waals surface area contributed by atoms with Gasteiger partial charge in [-0.3, -0.25) is 4.79 Å². The summed E-state index contributed by atoms with van der Waals surface area (Å²) in [5, 5.41) is 12.2. The number of hydrogen-bond donors (Lipinski definition) is 3. The molecule has 1 aliphatic carbocycles. The number of aliphatic carboxylic acids is 1. The van der Waals surface area contributed by atoms with Crippen molar-refractivity contribution >= 4 is 12.1 Å². The molecule has 1 atom stereocenters. The van der Waals surface area contributed by atoms with E-state index < -0.39 is 18.1 Å². The Morgan fingerprint density at radius 1 is 0.889 bits per heavy atom. The maximum Gasteiger partial charge on any atom is 0.407 e. The smallest absolute Gasteiger partial charge is 0.407 e. The van der Waals surface area contributed by atoms with Crippen LogP contribution in [0.15, 0.2) is 95.9 Å². The quantitative estimate of drug-likeness (QED) is 0.359. The summed E-state index contributed by atoms with van der Waals surface area (Å²) < 4.78 is 5.51. The third kappa shape index (κ3) is 4.77. The maximum atomic E-state index is 12.6. The Morgan fingerprint density at radius 2 is 1.56 bits per heavy atom. The number of carboxylic acids is 1. The Labute approximate surface area is 207 Å². The van der Waals surface area contributed by atoms with Gasteiger partial charge in [0.25, 0.3) is 0 Å². The average molecular weight is 481 g/mol. The monoisotopic (exact) mass is 480 g/mol. The van der Waals surface area contributed by atoms with Crippen LogP contribution in [0.25, 0.3) is 22.3 Å². The van der Waals surface area contributed by atoms with Crippen LogP contribution < -0.4 is 10.9 Å². The van der Waals surface area contributed by atoms with Crippen molar-refractivity contribution < 1.29 is 19.4 Å². The first-order valence-electron chi connectivity index (χ1n) is 11.6. The van der Waals surface area contributed by atoms with Crippen molar-refractivity contribution in [2.24, 2.45) is 0 Å². The van der Waals surface area contributed by atoms with Crippen molar-refractivity contribution in [1.29, 1.82) is 0 Å². The van der Waals surface area contributed by atoms with Gasteiger partial charge >= 0.3 is 12.1 Å². The van der Waals surface area contributed by atoms with Crippen LogP contribution >= 0.6 is 0 Å². The summed E-state index contributed by atoms with van der Waals surface area (Å²) in [5.41, 5.74) is 6.38. The highest BCUT2D eigenvalue weighted by Crippen LogP contribution is 2.44.